The van der Waals surface area contributed by atoms with Crippen molar-refractivity contribution in [3.8, 4) is 11.4 Å². The number of hydrogen-bond acceptors (Lipinski definition) is 8. The summed E-state index contributed by atoms with van der Waals surface area (Å²) in [4.78, 5) is 56.0. The van der Waals surface area contributed by atoms with Crippen molar-refractivity contribution in [1.82, 2.24) is 24.8 Å². The number of imide groups is 1. The number of rotatable bonds is 7. The molecule has 2 amide bonds. The lowest BCUT2D eigenvalue weighted by Crippen LogP contribution is -2.46. The van der Waals surface area contributed by atoms with Crippen LogP contribution >= 0.6 is 0 Å². The van der Waals surface area contributed by atoms with Crippen molar-refractivity contribution in [2.45, 2.75) is 38.3 Å². The molecule has 1 atom stereocenters. The van der Waals surface area contributed by atoms with Crippen LogP contribution in [0.4, 0.5) is 11.4 Å². The summed E-state index contributed by atoms with van der Waals surface area (Å²) in [6.45, 7) is 5.32. The summed E-state index contributed by atoms with van der Waals surface area (Å²) >= 11 is 0. The fourth-order valence-electron chi connectivity index (χ4n) is 6.66. The monoisotopic (exact) mass is 581 g/mol. The second kappa shape index (κ2) is 10.7. The van der Waals surface area contributed by atoms with Crippen LogP contribution in [0.5, 0.6) is 0 Å². The Balaban J connectivity index is 1.10. The van der Waals surface area contributed by atoms with Gasteiger partial charge in [0.15, 0.2) is 0 Å². The van der Waals surface area contributed by atoms with Crippen molar-refractivity contribution in [3.05, 3.63) is 75.2 Å². The topological polar surface area (TPSA) is 138 Å². The van der Waals surface area contributed by atoms with Crippen LogP contribution in [0.2, 0.25) is 0 Å². The van der Waals surface area contributed by atoms with E-state index in [0.29, 0.717) is 45.8 Å². The Morgan fingerprint density at radius 2 is 1.81 bits per heavy atom. The molecule has 3 aliphatic rings. The minimum Gasteiger partial charge on any atom is -0.389 e. The van der Waals surface area contributed by atoms with Gasteiger partial charge in [0, 0.05) is 37.6 Å². The molecule has 222 valence electrons. The molecule has 0 bridgehead atoms. The maximum atomic E-state index is 13.3. The van der Waals surface area contributed by atoms with E-state index in [1.165, 1.54) is 16.0 Å². The van der Waals surface area contributed by atoms with Gasteiger partial charge in [0.05, 0.1) is 34.0 Å². The van der Waals surface area contributed by atoms with Crippen LogP contribution in [0, 0.1) is 6.92 Å². The first-order valence-corrected chi connectivity index (χ1v) is 14.9. The van der Waals surface area contributed by atoms with Crippen molar-refractivity contribution in [1.29, 1.82) is 0 Å². The number of carbonyl (C=O) groups is 2. The van der Waals surface area contributed by atoms with E-state index in [9.17, 15) is 19.5 Å². The molecule has 4 N–H and O–H groups in total. The smallest absolute Gasteiger partial charge is 0.261 e. The Morgan fingerprint density at radius 1 is 1.05 bits per heavy atom. The number of aromatic amines is 2. The number of aryl methyl sites for hydroxylation is 1. The minimum atomic E-state index is -0.678. The fraction of sp³-hybridized carbons (Fsp3) is 0.375. The second-order valence-corrected chi connectivity index (χ2v) is 12.0. The molecule has 1 saturated heterocycles. The average Bonchev–Trinajstić information content (AvgIpc) is 3.65. The summed E-state index contributed by atoms with van der Waals surface area (Å²) in [6, 6.07) is 11.3. The van der Waals surface area contributed by atoms with E-state index in [0.717, 1.165) is 44.6 Å². The number of nitrogens with one attached hydrogen (secondary N) is 3. The zero-order valence-corrected chi connectivity index (χ0v) is 24.3. The maximum Gasteiger partial charge on any atom is 0.261 e. The number of anilines is 2. The summed E-state index contributed by atoms with van der Waals surface area (Å²) < 4.78 is 0. The molecule has 4 aromatic rings. The van der Waals surface area contributed by atoms with Crippen molar-refractivity contribution < 1.29 is 14.7 Å². The van der Waals surface area contributed by atoms with Crippen LogP contribution in [-0.4, -0.2) is 93.6 Å². The third-order valence-corrected chi connectivity index (χ3v) is 8.96. The van der Waals surface area contributed by atoms with Gasteiger partial charge in [-0.05, 0) is 76.2 Å². The van der Waals surface area contributed by atoms with Crippen LogP contribution in [0.3, 0.4) is 0 Å². The highest BCUT2D eigenvalue weighted by atomic mass is 16.3. The van der Waals surface area contributed by atoms with Gasteiger partial charge in [0.25, 0.3) is 17.4 Å². The Bertz CT molecular complexity index is 1750. The second-order valence-electron chi connectivity index (χ2n) is 12.0. The number of fused-ring (bicyclic) bond motifs is 3. The Morgan fingerprint density at radius 3 is 2.60 bits per heavy atom. The maximum absolute atomic E-state index is 13.3. The van der Waals surface area contributed by atoms with Gasteiger partial charge in [-0.1, -0.05) is 17.7 Å². The van der Waals surface area contributed by atoms with E-state index in [4.69, 9.17) is 0 Å². The van der Waals surface area contributed by atoms with E-state index in [2.05, 4.69) is 55.2 Å². The highest BCUT2D eigenvalue weighted by molar-refractivity contribution is 6.23. The molecular formula is C32H35N7O4. The first-order chi connectivity index (χ1) is 20.8. The number of aliphatic hydroxyl groups is 1. The Hall–Kier alpha value is -4.48. The number of imidazole rings is 1. The number of aromatic nitrogens is 3. The SMILES string of the molecule is Cc1ccc2c(c1)CCN2CC(O)CNc1cc[nH]c(=O)c1-c1nc2cc3c(cc2[nH]1)C(=O)N(C1CCN(C)CC1)C3=O. The van der Waals surface area contributed by atoms with Crippen molar-refractivity contribution in [3.63, 3.8) is 0 Å². The van der Waals surface area contributed by atoms with Crippen LogP contribution in [0.15, 0.2) is 47.4 Å². The molecule has 43 heavy (non-hydrogen) atoms. The van der Waals surface area contributed by atoms with E-state index >= 15 is 0 Å². The Labute approximate surface area is 248 Å². The minimum absolute atomic E-state index is 0.110. The van der Waals surface area contributed by atoms with Crippen molar-refractivity contribution in [2.75, 3.05) is 50.0 Å². The first-order valence-electron chi connectivity index (χ1n) is 14.9. The van der Waals surface area contributed by atoms with Gasteiger partial charge in [-0.15, -0.1) is 0 Å². The average molecular weight is 582 g/mol. The zero-order chi connectivity index (χ0) is 29.8. The molecule has 1 fully saturated rings. The number of carbonyl (C=O) groups excluding carboxylic acids is 2. The van der Waals surface area contributed by atoms with Crippen LogP contribution in [-0.2, 0) is 6.42 Å². The number of hydrogen-bond donors (Lipinski definition) is 4. The predicted octanol–water partition coefficient (Wildman–Crippen LogP) is 2.75. The molecule has 0 saturated carbocycles. The number of aliphatic hydroxyl groups excluding tert-OH is 1. The Kier molecular flexibility index (Phi) is 6.78. The van der Waals surface area contributed by atoms with Crippen molar-refractivity contribution >= 4 is 34.2 Å². The van der Waals surface area contributed by atoms with E-state index < -0.39 is 6.10 Å². The van der Waals surface area contributed by atoms with Gasteiger partial charge in [0.1, 0.15) is 11.4 Å². The summed E-state index contributed by atoms with van der Waals surface area (Å²) in [6.07, 6.45) is 3.34. The quantitative estimate of drug-likeness (QED) is 0.245. The van der Waals surface area contributed by atoms with Crippen LogP contribution in [0.1, 0.15) is 44.7 Å². The molecule has 0 radical (unpaired) electrons. The molecular weight excluding hydrogens is 546 g/mol. The van der Waals surface area contributed by atoms with Gasteiger partial charge >= 0.3 is 0 Å². The third kappa shape index (κ3) is 4.88. The third-order valence-electron chi connectivity index (χ3n) is 8.96. The van der Waals surface area contributed by atoms with Crippen molar-refractivity contribution in [2.24, 2.45) is 0 Å². The number of pyridine rings is 1. The normalized spacial score (nSPS) is 18.0. The number of likely N-dealkylation sites (tertiary alicyclic amines) is 1. The number of β-amino-alcohol motifs (C(OH)–C–C–N with tert-alkyl or cyclic N) is 1. The molecule has 7 rings (SSSR count). The molecule has 5 heterocycles. The molecule has 1 unspecified atom stereocenters. The largest absolute Gasteiger partial charge is 0.389 e. The molecule has 2 aromatic heterocycles. The zero-order valence-electron chi connectivity index (χ0n) is 24.3. The molecule has 3 aliphatic heterocycles. The van der Waals surface area contributed by atoms with Gasteiger partial charge < -0.3 is 30.2 Å². The summed E-state index contributed by atoms with van der Waals surface area (Å²) in [5.74, 6) is -0.253. The highest BCUT2D eigenvalue weighted by Crippen LogP contribution is 2.33. The molecule has 11 nitrogen and oxygen atoms in total. The number of amides is 2. The molecule has 0 spiro atoms. The van der Waals surface area contributed by atoms with E-state index in [1.54, 1.807) is 24.4 Å². The summed E-state index contributed by atoms with van der Waals surface area (Å²) in [5, 5.41) is 14.1. The van der Waals surface area contributed by atoms with E-state index in [-0.39, 0.29) is 30.0 Å². The van der Waals surface area contributed by atoms with Gasteiger partial charge in [-0.2, -0.15) is 0 Å². The lowest BCUT2D eigenvalue weighted by Gasteiger charge is -2.33. The molecule has 2 aromatic carbocycles. The van der Waals surface area contributed by atoms with Crippen LogP contribution < -0.4 is 15.8 Å². The standard InChI is InChI=1S/C32H35N7O4/c1-18-3-4-27-19(13-18)6-12-38(27)17-21(40)16-34-24-5-9-33-30(41)28(24)29-35-25-14-22-23(15-26(25)36-29)32(43)39(31(22)42)20-7-10-37(2)11-8-20/h3-5,9,13-15,20-21,40H,6-8,10-12,16-17H2,1-2H3,(H,35,36)(H2,33,34,41). The van der Waals surface area contributed by atoms with Gasteiger partial charge in [0.2, 0.25) is 0 Å². The van der Waals surface area contributed by atoms with Gasteiger partial charge in [-0.25, -0.2) is 4.98 Å². The number of benzene rings is 2. The van der Waals surface area contributed by atoms with Gasteiger partial charge in [-0.3, -0.25) is 19.3 Å². The fourth-order valence-corrected chi connectivity index (χ4v) is 6.66. The highest BCUT2D eigenvalue weighted by Gasteiger charge is 2.41. The number of piperidine rings is 1. The molecule has 0 aliphatic carbocycles. The lowest BCUT2D eigenvalue weighted by atomic mass is 10.0. The number of H-pyrrole nitrogens is 2. The summed E-state index contributed by atoms with van der Waals surface area (Å²) in [5.41, 5.74) is 5.90. The lowest BCUT2D eigenvalue weighted by molar-refractivity contribution is 0.0516. The van der Waals surface area contributed by atoms with E-state index in [1.807, 2.05) is 7.05 Å². The molecule has 11 heteroatoms. The summed E-state index contributed by atoms with van der Waals surface area (Å²) in [7, 11) is 2.04. The predicted molar refractivity (Wildman–Crippen MR) is 165 cm³/mol. The van der Waals surface area contributed by atoms with Crippen LogP contribution in [0.25, 0.3) is 22.4 Å². The number of nitrogens with zero attached hydrogens (tertiary/aromatic N) is 4. The first kappa shape index (κ1) is 27.4.